The lowest BCUT2D eigenvalue weighted by molar-refractivity contribution is -0.115. The number of rotatable bonds is 6. The molecule has 0 fully saturated rings. The molecule has 114 valence electrons. The van der Waals surface area contributed by atoms with Gasteiger partial charge in [-0.1, -0.05) is 66.9 Å². The molecule has 1 atom stereocenters. The van der Waals surface area contributed by atoms with E-state index in [4.69, 9.17) is 0 Å². The molecule has 0 unspecified atom stereocenters. The number of nitrogens with zero attached hydrogens (tertiary/aromatic N) is 1. The Morgan fingerprint density at radius 2 is 2.19 bits per heavy atom. The first-order valence-corrected chi connectivity index (χ1v) is 9.10. The number of carbonyl (C=O) groups excluding carboxylic acids is 1. The van der Waals surface area contributed by atoms with Gasteiger partial charge >= 0.3 is 0 Å². The van der Waals surface area contributed by atoms with Gasteiger partial charge in [-0.25, -0.2) is 4.98 Å². The van der Waals surface area contributed by atoms with Crippen molar-refractivity contribution >= 4 is 48.5 Å². The van der Waals surface area contributed by atoms with Crippen molar-refractivity contribution in [2.24, 2.45) is 0 Å². The Hall–Kier alpha value is -0.940. The first-order valence-electron chi connectivity index (χ1n) is 7.36. The van der Waals surface area contributed by atoms with Crippen molar-refractivity contribution in [1.29, 1.82) is 0 Å². The maximum atomic E-state index is 12.1. The second-order valence-electron chi connectivity index (χ2n) is 5.50. The molecule has 0 spiro atoms. The number of hydrogen-bond donors (Lipinski definition) is 1. The molecular weight excluding hydrogens is 348 g/mol. The summed E-state index contributed by atoms with van der Waals surface area (Å²) in [6.07, 6.45) is 2.99. The van der Waals surface area contributed by atoms with E-state index in [0.29, 0.717) is 11.0 Å². The molecule has 21 heavy (non-hydrogen) atoms. The Bertz CT molecular complexity index is 624. The van der Waals surface area contributed by atoms with E-state index < -0.39 is 0 Å². The zero-order valence-electron chi connectivity index (χ0n) is 12.6. The second kappa shape index (κ2) is 7.36. The van der Waals surface area contributed by atoms with Crippen LogP contribution in [0.3, 0.4) is 0 Å². The van der Waals surface area contributed by atoms with E-state index in [1.807, 2.05) is 6.07 Å². The van der Waals surface area contributed by atoms with E-state index in [1.54, 1.807) is 0 Å². The first kappa shape index (κ1) is 16.4. The minimum atomic E-state index is -0.143. The summed E-state index contributed by atoms with van der Waals surface area (Å²) in [6.45, 7) is 6.47. The monoisotopic (exact) mass is 368 g/mol. The molecule has 0 radical (unpaired) electrons. The largest absolute Gasteiger partial charge is 0.301 e. The van der Waals surface area contributed by atoms with Gasteiger partial charge in [0.15, 0.2) is 5.13 Å². The van der Waals surface area contributed by atoms with Crippen LogP contribution in [0.5, 0.6) is 0 Å². The Labute approximate surface area is 138 Å². The molecule has 0 aliphatic rings. The van der Waals surface area contributed by atoms with Gasteiger partial charge in [-0.2, -0.15) is 0 Å². The number of alkyl halides is 1. The van der Waals surface area contributed by atoms with Gasteiger partial charge in [0.1, 0.15) is 0 Å². The van der Waals surface area contributed by atoms with Gasteiger partial charge in [0.25, 0.3) is 0 Å². The number of halogens is 1. The first-order chi connectivity index (χ1) is 10.0. The number of aromatic nitrogens is 1. The number of hydrogen-bond acceptors (Lipinski definition) is 3. The van der Waals surface area contributed by atoms with Crippen molar-refractivity contribution in [3.63, 3.8) is 0 Å². The van der Waals surface area contributed by atoms with Crippen LogP contribution in [0.1, 0.15) is 51.5 Å². The van der Waals surface area contributed by atoms with Crippen LogP contribution >= 0.6 is 27.3 Å². The van der Waals surface area contributed by atoms with Crippen molar-refractivity contribution < 1.29 is 4.79 Å². The highest BCUT2D eigenvalue weighted by atomic mass is 79.9. The molecule has 2 rings (SSSR count). The molecule has 0 bridgehead atoms. The lowest BCUT2D eigenvalue weighted by Gasteiger charge is -2.07. The number of nitrogens with one attached hydrogen (secondary N) is 1. The molecule has 1 heterocycles. The summed E-state index contributed by atoms with van der Waals surface area (Å²) < 4.78 is 1.12. The molecule has 5 heteroatoms. The van der Waals surface area contributed by atoms with Crippen molar-refractivity contribution in [3.8, 4) is 0 Å². The van der Waals surface area contributed by atoms with E-state index in [2.05, 4.69) is 59.1 Å². The van der Waals surface area contributed by atoms with Crippen LogP contribution in [0.15, 0.2) is 18.2 Å². The number of unbranched alkanes of at least 4 members (excludes halogenated alkanes) is 1. The van der Waals surface area contributed by atoms with Crippen molar-refractivity contribution in [1.82, 2.24) is 4.98 Å². The van der Waals surface area contributed by atoms with E-state index in [-0.39, 0.29) is 10.7 Å². The highest BCUT2D eigenvalue weighted by molar-refractivity contribution is 9.10. The van der Waals surface area contributed by atoms with E-state index >= 15 is 0 Å². The Morgan fingerprint density at radius 3 is 2.86 bits per heavy atom. The third-order valence-electron chi connectivity index (χ3n) is 3.40. The highest BCUT2D eigenvalue weighted by Crippen LogP contribution is 2.29. The summed E-state index contributed by atoms with van der Waals surface area (Å²) >= 11 is 4.98. The van der Waals surface area contributed by atoms with Gasteiger partial charge in [0.05, 0.1) is 15.0 Å². The zero-order valence-corrected chi connectivity index (χ0v) is 15.1. The minimum Gasteiger partial charge on any atom is -0.301 e. The quantitative estimate of drug-likeness (QED) is 0.701. The minimum absolute atomic E-state index is 0.00779. The SMILES string of the molecule is CCCC[C@@H](Br)C(=O)Nc1nc2ccc(C(C)C)cc2s1. The summed E-state index contributed by atoms with van der Waals surface area (Å²) in [5.41, 5.74) is 2.24. The maximum absolute atomic E-state index is 12.1. The van der Waals surface area contributed by atoms with Gasteiger partial charge < -0.3 is 5.32 Å². The van der Waals surface area contributed by atoms with Crippen LogP contribution < -0.4 is 5.32 Å². The number of anilines is 1. The molecule has 1 aromatic carbocycles. The fourth-order valence-electron chi connectivity index (χ4n) is 2.05. The molecule has 1 aromatic heterocycles. The number of benzene rings is 1. The molecule has 3 nitrogen and oxygen atoms in total. The molecule has 2 aromatic rings. The lowest BCUT2D eigenvalue weighted by atomic mass is 10.0. The van der Waals surface area contributed by atoms with Gasteiger partial charge in [-0.3, -0.25) is 4.79 Å². The number of amides is 1. The van der Waals surface area contributed by atoms with Crippen LogP contribution in [0.2, 0.25) is 0 Å². The summed E-state index contributed by atoms with van der Waals surface area (Å²) in [7, 11) is 0. The van der Waals surface area contributed by atoms with E-state index in [1.165, 1.54) is 16.9 Å². The van der Waals surface area contributed by atoms with Crippen molar-refractivity contribution in [2.45, 2.75) is 50.8 Å². The molecule has 0 aliphatic carbocycles. The van der Waals surface area contributed by atoms with E-state index in [0.717, 1.165) is 29.5 Å². The van der Waals surface area contributed by atoms with Crippen molar-refractivity contribution in [3.05, 3.63) is 23.8 Å². The smallest absolute Gasteiger partial charge is 0.239 e. The average Bonchev–Trinajstić information content (AvgIpc) is 2.85. The molecule has 1 amide bonds. The fraction of sp³-hybridized carbons (Fsp3) is 0.500. The van der Waals surface area contributed by atoms with Crippen LogP contribution in [0, 0.1) is 0 Å². The average molecular weight is 369 g/mol. The van der Waals surface area contributed by atoms with Crippen LogP contribution in [0.25, 0.3) is 10.2 Å². The van der Waals surface area contributed by atoms with Gasteiger partial charge in [-0.05, 0) is 30.0 Å². The molecule has 0 saturated carbocycles. The second-order valence-corrected chi connectivity index (χ2v) is 7.64. The Kier molecular flexibility index (Phi) is 5.76. The van der Waals surface area contributed by atoms with Crippen LogP contribution in [-0.2, 0) is 4.79 Å². The summed E-state index contributed by atoms with van der Waals surface area (Å²) in [6, 6.07) is 6.29. The van der Waals surface area contributed by atoms with Crippen molar-refractivity contribution in [2.75, 3.05) is 5.32 Å². The number of thiazole rings is 1. The molecule has 0 saturated heterocycles. The maximum Gasteiger partial charge on any atom is 0.239 e. The normalized spacial score (nSPS) is 12.8. The summed E-state index contributed by atoms with van der Waals surface area (Å²) in [5.74, 6) is 0.488. The topological polar surface area (TPSA) is 42.0 Å². The number of fused-ring (bicyclic) bond motifs is 1. The standard InChI is InChI=1S/C16H21BrN2OS/c1-4-5-6-12(17)15(20)19-16-18-13-8-7-11(10(2)3)9-14(13)21-16/h7-10,12H,4-6H2,1-3H3,(H,18,19,20)/t12-/m1/s1. The van der Waals surface area contributed by atoms with Crippen LogP contribution in [0.4, 0.5) is 5.13 Å². The van der Waals surface area contributed by atoms with E-state index in [9.17, 15) is 4.79 Å². The van der Waals surface area contributed by atoms with Gasteiger partial charge in [0.2, 0.25) is 5.91 Å². The highest BCUT2D eigenvalue weighted by Gasteiger charge is 2.16. The Morgan fingerprint density at radius 1 is 1.43 bits per heavy atom. The third kappa shape index (κ3) is 4.27. The zero-order chi connectivity index (χ0) is 15.4. The Balaban J connectivity index is 2.10. The number of carbonyl (C=O) groups is 1. The summed E-state index contributed by atoms with van der Waals surface area (Å²) in [4.78, 5) is 16.4. The lowest BCUT2D eigenvalue weighted by Crippen LogP contribution is -2.22. The summed E-state index contributed by atoms with van der Waals surface area (Å²) in [5, 5.41) is 3.59. The molecular formula is C16H21BrN2OS. The predicted molar refractivity (Wildman–Crippen MR) is 94.6 cm³/mol. The fourth-order valence-corrected chi connectivity index (χ4v) is 3.41. The van der Waals surface area contributed by atoms with Crippen LogP contribution in [-0.4, -0.2) is 15.7 Å². The molecule has 0 aliphatic heterocycles. The molecule has 1 N–H and O–H groups in total. The van der Waals surface area contributed by atoms with Gasteiger partial charge in [-0.15, -0.1) is 0 Å². The third-order valence-corrected chi connectivity index (χ3v) is 5.21. The predicted octanol–water partition coefficient (Wildman–Crippen LogP) is 5.31. The van der Waals surface area contributed by atoms with Gasteiger partial charge in [0, 0.05) is 0 Å².